The molecule has 0 atom stereocenters. The molecule has 2 fully saturated rings. The number of nitrogens with one attached hydrogen (secondary N) is 1. The van der Waals surface area contributed by atoms with Crippen molar-refractivity contribution in [1.29, 1.82) is 0 Å². The van der Waals surface area contributed by atoms with Crippen molar-refractivity contribution in [2.45, 2.75) is 37.5 Å². The van der Waals surface area contributed by atoms with Crippen LogP contribution in [-0.2, 0) is 0 Å². The predicted octanol–water partition coefficient (Wildman–Crippen LogP) is 3.58. The topological polar surface area (TPSA) is 58.1 Å². The summed E-state index contributed by atoms with van der Waals surface area (Å²) < 4.78 is 0. The van der Waals surface area contributed by atoms with E-state index in [2.05, 4.69) is 35.1 Å². The maximum absolute atomic E-state index is 12.0. The fourth-order valence-corrected chi connectivity index (χ4v) is 3.56. The van der Waals surface area contributed by atoms with Crippen molar-refractivity contribution in [3.05, 3.63) is 48.3 Å². The van der Waals surface area contributed by atoms with E-state index in [1.54, 1.807) is 6.08 Å². The summed E-state index contributed by atoms with van der Waals surface area (Å²) in [6, 6.07) is 6.53. The van der Waals surface area contributed by atoms with Crippen LogP contribution in [0.25, 0.3) is 11.0 Å². The Hall–Kier alpha value is -2.43. The predicted molar refractivity (Wildman–Crippen MR) is 98.7 cm³/mol. The fourth-order valence-electron chi connectivity index (χ4n) is 3.56. The maximum Gasteiger partial charge on any atom is 0.317 e. The van der Waals surface area contributed by atoms with E-state index < -0.39 is 0 Å². The van der Waals surface area contributed by atoms with Crippen molar-refractivity contribution >= 4 is 17.1 Å². The largest absolute Gasteiger partial charge is 0.335 e. The van der Waals surface area contributed by atoms with Gasteiger partial charge in [0.05, 0.1) is 0 Å². The third kappa shape index (κ3) is 3.50. The molecule has 4 rings (SSSR count). The van der Waals surface area contributed by atoms with E-state index in [0.717, 1.165) is 42.7 Å². The Morgan fingerprint density at radius 1 is 1.24 bits per heavy atom. The van der Waals surface area contributed by atoms with Crippen LogP contribution in [0.3, 0.4) is 0 Å². The van der Waals surface area contributed by atoms with Gasteiger partial charge in [0.15, 0.2) is 5.65 Å². The molecular formula is C20H24N4O. The highest BCUT2D eigenvalue weighted by Crippen LogP contribution is 2.40. The summed E-state index contributed by atoms with van der Waals surface area (Å²) in [4.78, 5) is 23.3. The third-order valence-electron chi connectivity index (χ3n) is 5.23. The second-order valence-corrected chi connectivity index (χ2v) is 7.06. The van der Waals surface area contributed by atoms with Crippen LogP contribution in [0.15, 0.2) is 37.1 Å². The van der Waals surface area contributed by atoms with Crippen molar-refractivity contribution in [3.8, 4) is 0 Å². The number of carbonyl (C=O) groups is 1. The zero-order chi connectivity index (χ0) is 17.2. The number of nitrogens with zero attached hydrogens (tertiary/aromatic N) is 3. The number of hydrogen-bond donors (Lipinski definition) is 1. The van der Waals surface area contributed by atoms with Gasteiger partial charge in [0.1, 0.15) is 0 Å². The Bertz CT molecular complexity index is 791. The Labute approximate surface area is 148 Å². The second-order valence-electron chi connectivity index (χ2n) is 7.06. The van der Waals surface area contributed by atoms with E-state index >= 15 is 0 Å². The summed E-state index contributed by atoms with van der Waals surface area (Å²) in [5.41, 5.74) is 3.29. The number of amides is 2. The summed E-state index contributed by atoms with van der Waals surface area (Å²) >= 11 is 0. The lowest BCUT2D eigenvalue weighted by Crippen LogP contribution is -2.44. The number of rotatable bonds is 4. The number of likely N-dealkylation sites (tertiary alicyclic amines) is 1. The monoisotopic (exact) mass is 336 g/mol. The zero-order valence-corrected chi connectivity index (χ0v) is 14.4. The summed E-state index contributed by atoms with van der Waals surface area (Å²) in [5, 5.41) is 3.98. The number of piperidine rings is 1. The van der Waals surface area contributed by atoms with E-state index in [4.69, 9.17) is 4.98 Å². The molecule has 1 N–H and O–H groups in total. The van der Waals surface area contributed by atoms with E-state index in [9.17, 15) is 4.79 Å². The number of carbonyl (C=O) groups excluding carboxylic acids is 1. The number of urea groups is 1. The van der Waals surface area contributed by atoms with Gasteiger partial charge in [-0.05, 0) is 55.4 Å². The number of aromatic nitrogens is 2. The summed E-state index contributed by atoms with van der Waals surface area (Å²) in [6.45, 7) is 5.67. The molecule has 25 heavy (non-hydrogen) atoms. The lowest BCUT2D eigenvalue weighted by atomic mass is 9.93. The summed E-state index contributed by atoms with van der Waals surface area (Å²) in [6.07, 6.45) is 8.16. The van der Waals surface area contributed by atoms with Crippen molar-refractivity contribution in [1.82, 2.24) is 20.2 Å². The number of hydrogen-bond acceptors (Lipinski definition) is 3. The van der Waals surface area contributed by atoms with Crippen LogP contribution in [0.1, 0.15) is 48.8 Å². The minimum absolute atomic E-state index is 0.000840. The molecule has 5 heteroatoms. The highest BCUT2D eigenvalue weighted by molar-refractivity contribution is 5.76. The van der Waals surface area contributed by atoms with Gasteiger partial charge < -0.3 is 10.2 Å². The van der Waals surface area contributed by atoms with Crippen LogP contribution in [0.4, 0.5) is 4.79 Å². The molecule has 2 aromatic heterocycles. The number of pyridine rings is 2. The van der Waals surface area contributed by atoms with E-state index in [1.807, 2.05) is 11.1 Å². The Morgan fingerprint density at radius 2 is 2.04 bits per heavy atom. The summed E-state index contributed by atoms with van der Waals surface area (Å²) in [7, 11) is 0. The van der Waals surface area contributed by atoms with Crippen molar-refractivity contribution in [2.24, 2.45) is 0 Å². The average molecular weight is 336 g/mol. The molecule has 3 heterocycles. The van der Waals surface area contributed by atoms with Gasteiger partial charge in [-0.3, -0.25) is 0 Å². The molecule has 0 aromatic carbocycles. The molecule has 1 aliphatic heterocycles. The van der Waals surface area contributed by atoms with Crippen molar-refractivity contribution in [3.63, 3.8) is 0 Å². The first-order chi connectivity index (χ1) is 12.2. The first-order valence-electron chi connectivity index (χ1n) is 9.15. The van der Waals surface area contributed by atoms with Crippen LogP contribution >= 0.6 is 0 Å². The van der Waals surface area contributed by atoms with E-state index in [-0.39, 0.29) is 6.03 Å². The van der Waals surface area contributed by atoms with Gasteiger partial charge >= 0.3 is 6.03 Å². The molecule has 1 saturated heterocycles. The van der Waals surface area contributed by atoms with Gasteiger partial charge in [-0.2, -0.15) is 0 Å². The summed E-state index contributed by atoms with van der Waals surface area (Å²) in [5.74, 6) is 1.12. The van der Waals surface area contributed by atoms with Gasteiger partial charge in [-0.1, -0.05) is 6.08 Å². The Balaban J connectivity index is 1.43. The van der Waals surface area contributed by atoms with Gasteiger partial charge in [-0.15, -0.1) is 6.58 Å². The Kier molecular flexibility index (Phi) is 4.38. The smallest absolute Gasteiger partial charge is 0.317 e. The molecule has 2 aromatic rings. The van der Waals surface area contributed by atoms with Crippen LogP contribution in [0, 0.1) is 0 Å². The fraction of sp³-hybridized carbons (Fsp3) is 0.450. The lowest BCUT2D eigenvalue weighted by Gasteiger charge is -2.31. The molecule has 1 aliphatic carbocycles. The molecule has 5 nitrogen and oxygen atoms in total. The normalized spacial score (nSPS) is 18.3. The molecule has 2 aliphatic rings. The van der Waals surface area contributed by atoms with Gasteiger partial charge in [0.25, 0.3) is 0 Å². The SMILES string of the molecule is C=CCNC(=O)N1CCC(c2ccc3cc(C4CC4)cnc3n2)CC1. The minimum atomic E-state index is -0.000840. The van der Waals surface area contributed by atoms with Gasteiger partial charge in [0, 0.05) is 42.8 Å². The molecular weight excluding hydrogens is 312 g/mol. The molecule has 130 valence electrons. The zero-order valence-electron chi connectivity index (χ0n) is 14.4. The molecule has 0 radical (unpaired) electrons. The maximum atomic E-state index is 12.0. The average Bonchev–Trinajstić information content (AvgIpc) is 3.50. The second kappa shape index (κ2) is 6.82. The molecule has 1 saturated carbocycles. The van der Waals surface area contributed by atoms with Crippen LogP contribution < -0.4 is 5.32 Å². The lowest BCUT2D eigenvalue weighted by molar-refractivity contribution is 0.182. The standard InChI is InChI=1S/C20H24N4O/c1-2-9-21-20(25)24-10-7-15(8-11-24)18-6-5-16-12-17(14-3-4-14)13-22-19(16)23-18/h2,5-6,12-15H,1,3-4,7-11H2,(H,21,25). The Morgan fingerprint density at radius 3 is 2.76 bits per heavy atom. The first kappa shape index (κ1) is 16.1. The van der Waals surface area contributed by atoms with Crippen LogP contribution in [0.2, 0.25) is 0 Å². The molecule has 0 bridgehead atoms. The quantitative estimate of drug-likeness (QED) is 0.868. The highest BCUT2D eigenvalue weighted by atomic mass is 16.2. The molecule has 0 unspecified atom stereocenters. The van der Waals surface area contributed by atoms with Crippen molar-refractivity contribution in [2.75, 3.05) is 19.6 Å². The van der Waals surface area contributed by atoms with E-state index in [1.165, 1.54) is 18.4 Å². The highest BCUT2D eigenvalue weighted by Gasteiger charge is 2.26. The minimum Gasteiger partial charge on any atom is -0.335 e. The van der Waals surface area contributed by atoms with Crippen LogP contribution in [-0.4, -0.2) is 40.5 Å². The van der Waals surface area contributed by atoms with Gasteiger partial charge in [0.2, 0.25) is 0 Å². The molecule has 0 spiro atoms. The first-order valence-corrected chi connectivity index (χ1v) is 9.15. The van der Waals surface area contributed by atoms with Crippen LogP contribution in [0.5, 0.6) is 0 Å². The van der Waals surface area contributed by atoms with Gasteiger partial charge in [-0.25, -0.2) is 14.8 Å². The third-order valence-corrected chi connectivity index (χ3v) is 5.23. The molecule has 2 amide bonds. The number of fused-ring (bicyclic) bond motifs is 1. The van der Waals surface area contributed by atoms with E-state index in [0.29, 0.717) is 18.4 Å². The van der Waals surface area contributed by atoms with Crippen molar-refractivity contribution < 1.29 is 4.79 Å².